The van der Waals surface area contributed by atoms with Crippen LogP contribution in [-0.4, -0.2) is 42.3 Å². The Balaban J connectivity index is 1.81. The van der Waals surface area contributed by atoms with E-state index in [2.05, 4.69) is 16.0 Å². The molecule has 3 atom stereocenters. The van der Waals surface area contributed by atoms with Crippen molar-refractivity contribution in [3.05, 3.63) is 83.9 Å². The number of alkyl carbamates (subject to hydrolysis) is 1. The summed E-state index contributed by atoms with van der Waals surface area (Å²) in [6.45, 7) is 7.89. The molecule has 0 fully saturated rings. The van der Waals surface area contributed by atoms with Gasteiger partial charge in [0.05, 0.1) is 6.04 Å². The van der Waals surface area contributed by atoms with Crippen molar-refractivity contribution < 1.29 is 23.9 Å². The lowest BCUT2D eigenvalue weighted by Gasteiger charge is -2.26. The van der Waals surface area contributed by atoms with Crippen LogP contribution >= 0.6 is 0 Å². The van der Waals surface area contributed by atoms with Crippen LogP contribution in [0.1, 0.15) is 51.7 Å². The molecule has 41 heavy (non-hydrogen) atoms. The second-order valence-electron chi connectivity index (χ2n) is 11.2. The second kappa shape index (κ2) is 15.6. The normalized spacial score (nSPS) is 13.3. The van der Waals surface area contributed by atoms with E-state index < -0.39 is 36.0 Å². The lowest BCUT2D eigenvalue weighted by atomic mass is 9.97. The fourth-order valence-corrected chi connectivity index (χ4v) is 4.72. The van der Waals surface area contributed by atoms with E-state index in [1.54, 1.807) is 0 Å². The molecule has 218 valence electrons. The number of aldehydes is 1. The van der Waals surface area contributed by atoms with Gasteiger partial charge in [0.1, 0.15) is 25.0 Å². The number of hydrogen-bond donors (Lipinski definition) is 3. The summed E-state index contributed by atoms with van der Waals surface area (Å²) in [5.41, 5.74) is 1.69. The highest BCUT2D eigenvalue weighted by Crippen LogP contribution is 2.20. The van der Waals surface area contributed by atoms with Gasteiger partial charge in [-0.3, -0.25) is 9.59 Å². The molecule has 0 aliphatic carbocycles. The third-order valence-corrected chi connectivity index (χ3v) is 6.68. The van der Waals surface area contributed by atoms with Gasteiger partial charge in [-0.25, -0.2) is 4.79 Å². The van der Waals surface area contributed by atoms with E-state index in [-0.39, 0.29) is 24.9 Å². The molecule has 0 saturated heterocycles. The fourth-order valence-electron chi connectivity index (χ4n) is 4.72. The highest BCUT2D eigenvalue weighted by molar-refractivity contribution is 5.93. The Morgan fingerprint density at radius 3 is 2.05 bits per heavy atom. The van der Waals surface area contributed by atoms with Crippen LogP contribution < -0.4 is 16.0 Å². The summed E-state index contributed by atoms with van der Waals surface area (Å²) in [4.78, 5) is 51.3. The number of nitrogens with one attached hydrogen (secondary N) is 3. The van der Waals surface area contributed by atoms with Crippen LogP contribution in [0.2, 0.25) is 0 Å². The number of carbonyl (C=O) groups is 4. The molecule has 0 bridgehead atoms. The third-order valence-electron chi connectivity index (χ3n) is 6.68. The van der Waals surface area contributed by atoms with Crippen molar-refractivity contribution in [2.24, 2.45) is 11.8 Å². The van der Waals surface area contributed by atoms with E-state index in [4.69, 9.17) is 4.74 Å². The maximum Gasteiger partial charge on any atom is 0.408 e. The maximum atomic E-state index is 13.7. The van der Waals surface area contributed by atoms with Crippen molar-refractivity contribution in [2.45, 2.75) is 71.7 Å². The molecule has 8 heteroatoms. The molecule has 0 heterocycles. The highest BCUT2D eigenvalue weighted by Gasteiger charge is 2.29. The average molecular weight is 560 g/mol. The van der Waals surface area contributed by atoms with Crippen LogP contribution in [0.5, 0.6) is 0 Å². The molecule has 3 N–H and O–H groups in total. The minimum atomic E-state index is -1.01. The van der Waals surface area contributed by atoms with Crippen molar-refractivity contribution in [1.29, 1.82) is 0 Å². The van der Waals surface area contributed by atoms with Crippen LogP contribution in [0.15, 0.2) is 72.8 Å². The van der Waals surface area contributed by atoms with Crippen molar-refractivity contribution >= 4 is 35.0 Å². The fraction of sp³-hybridized carbons (Fsp3) is 0.394. The van der Waals surface area contributed by atoms with Gasteiger partial charge in [0.15, 0.2) is 0 Å². The Kier molecular flexibility index (Phi) is 11.9. The van der Waals surface area contributed by atoms with Crippen molar-refractivity contribution in [3.63, 3.8) is 0 Å². The van der Waals surface area contributed by atoms with Gasteiger partial charge in [0, 0.05) is 6.42 Å². The number of benzene rings is 3. The monoisotopic (exact) mass is 559 g/mol. The third kappa shape index (κ3) is 10.0. The first-order valence-corrected chi connectivity index (χ1v) is 14.2. The summed E-state index contributed by atoms with van der Waals surface area (Å²) >= 11 is 0. The molecule has 0 aliphatic heterocycles. The molecule has 0 radical (unpaired) electrons. The van der Waals surface area contributed by atoms with E-state index in [0.29, 0.717) is 12.8 Å². The van der Waals surface area contributed by atoms with Crippen molar-refractivity contribution in [2.75, 3.05) is 0 Å². The second-order valence-corrected chi connectivity index (χ2v) is 11.2. The Hall–Kier alpha value is -4.20. The Morgan fingerprint density at radius 1 is 0.732 bits per heavy atom. The van der Waals surface area contributed by atoms with E-state index in [0.717, 1.165) is 28.2 Å². The Bertz CT molecular complexity index is 1300. The number of hydrogen-bond acceptors (Lipinski definition) is 5. The molecule has 0 aliphatic rings. The molecule has 0 spiro atoms. The smallest absolute Gasteiger partial charge is 0.408 e. The minimum Gasteiger partial charge on any atom is -0.445 e. The first kappa shape index (κ1) is 31.3. The first-order chi connectivity index (χ1) is 19.7. The predicted octanol–water partition coefficient (Wildman–Crippen LogP) is 4.94. The lowest BCUT2D eigenvalue weighted by molar-refractivity contribution is -0.131. The first-order valence-electron chi connectivity index (χ1n) is 14.2. The lowest BCUT2D eigenvalue weighted by Crippen LogP contribution is -2.56. The molecule has 0 aromatic heterocycles. The maximum absolute atomic E-state index is 13.7. The largest absolute Gasteiger partial charge is 0.445 e. The molecule has 3 aromatic rings. The van der Waals surface area contributed by atoms with E-state index in [9.17, 15) is 19.2 Å². The van der Waals surface area contributed by atoms with Gasteiger partial charge < -0.3 is 25.5 Å². The van der Waals surface area contributed by atoms with Crippen LogP contribution in [-0.2, 0) is 32.1 Å². The van der Waals surface area contributed by atoms with Crippen LogP contribution in [0, 0.1) is 11.8 Å². The average Bonchev–Trinajstić information content (AvgIpc) is 2.95. The molecular formula is C33H41N3O5. The summed E-state index contributed by atoms with van der Waals surface area (Å²) in [6.07, 6.45) is 1.03. The SMILES string of the molecule is CC(C)CC(C=O)NC(=O)C(CC(C)C)NC(=O)C(Cc1cccc2ccccc12)NC(=O)OCc1ccccc1. The molecule has 3 amide bonds. The van der Waals surface area contributed by atoms with Crippen molar-refractivity contribution in [3.8, 4) is 0 Å². The Labute approximate surface area is 242 Å². The van der Waals surface area contributed by atoms with Gasteiger partial charge in [0.25, 0.3) is 0 Å². The zero-order valence-electron chi connectivity index (χ0n) is 24.3. The van der Waals surface area contributed by atoms with Gasteiger partial charge in [0.2, 0.25) is 11.8 Å². The molecule has 3 aromatic carbocycles. The summed E-state index contributed by atoms with van der Waals surface area (Å²) in [5, 5.41) is 10.3. The van der Waals surface area contributed by atoms with Crippen LogP contribution in [0.3, 0.4) is 0 Å². The summed E-state index contributed by atoms with van der Waals surface area (Å²) in [5.74, 6) is -0.645. The van der Waals surface area contributed by atoms with Crippen molar-refractivity contribution in [1.82, 2.24) is 16.0 Å². The van der Waals surface area contributed by atoms with Gasteiger partial charge >= 0.3 is 6.09 Å². The molecular weight excluding hydrogens is 518 g/mol. The zero-order valence-corrected chi connectivity index (χ0v) is 24.3. The Morgan fingerprint density at radius 2 is 1.37 bits per heavy atom. The summed E-state index contributed by atoms with van der Waals surface area (Å²) in [7, 11) is 0. The highest BCUT2D eigenvalue weighted by atomic mass is 16.5. The molecule has 0 saturated carbocycles. The topological polar surface area (TPSA) is 114 Å². The number of rotatable bonds is 14. The van der Waals surface area contributed by atoms with E-state index in [1.165, 1.54) is 0 Å². The number of carbonyl (C=O) groups excluding carboxylic acids is 4. The predicted molar refractivity (Wildman–Crippen MR) is 160 cm³/mol. The van der Waals surface area contributed by atoms with Gasteiger partial charge in [-0.2, -0.15) is 0 Å². The molecule has 3 unspecified atom stereocenters. The standard InChI is InChI=1S/C33H41N3O5/c1-22(2)17-27(20-37)34-31(38)29(18-23(3)4)35-32(39)30(36-33(40)41-21-24-11-6-5-7-12-24)19-26-15-10-14-25-13-8-9-16-28(25)26/h5-16,20,22-23,27,29-30H,17-19,21H2,1-4H3,(H,34,38)(H,35,39)(H,36,40). The number of amides is 3. The number of ether oxygens (including phenoxy) is 1. The van der Waals surface area contributed by atoms with E-state index >= 15 is 0 Å². The zero-order chi connectivity index (χ0) is 29.8. The van der Waals surface area contributed by atoms with E-state index in [1.807, 2.05) is 100 Å². The summed E-state index contributed by atoms with van der Waals surface area (Å²) in [6, 6.07) is 20.3. The van der Waals surface area contributed by atoms with Gasteiger partial charge in [-0.05, 0) is 46.6 Å². The van der Waals surface area contributed by atoms with Gasteiger partial charge in [-0.1, -0.05) is 100 Å². The number of fused-ring (bicyclic) bond motifs is 1. The van der Waals surface area contributed by atoms with Crippen LogP contribution in [0.25, 0.3) is 10.8 Å². The molecule has 8 nitrogen and oxygen atoms in total. The molecule has 3 rings (SSSR count). The minimum absolute atomic E-state index is 0.0522. The summed E-state index contributed by atoms with van der Waals surface area (Å²) < 4.78 is 5.41. The van der Waals surface area contributed by atoms with Gasteiger partial charge in [-0.15, -0.1) is 0 Å². The quantitative estimate of drug-likeness (QED) is 0.242. The van der Waals surface area contributed by atoms with Crippen LogP contribution in [0.4, 0.5) is 4.79 Å².